The van der Waals surface area contributed by atoms with E-state index in [-0.39, 0.29) is 6.42 Å². The Labute approximate surface area is 71.5 Å². The molecule has 0 bridgehead atoms. The molecule has 1 atom stereocenters. The van der Waals surface area contributed by atoms with Gasteiger partial charge in [-0.3, -0.25) is 0 Å². The van der Waals surface area contributed by atoms with Crippen LogP contribution >= 0.6 is 11.3 Å². The second-order valence-electron chi connectivity index (χ2n) is 2.39. The molecule has 1 aromatic heterocycles. The minimum absolute atomic E-state index is 0.354. The molecular weight excluding hydrogens is 189 g/mol. The fraction of sp³-hybridized carbons (Fsp3) is 0.429. The van der Waals surface area contributed by atoms with E-state index < -0.39 is 12.3 Å². The van der Waals surface area contributed by atoms with Crippen molar-refractivity contribution in [3.05, 3.63) is 22.4 Å². The third-order valence-electron chi connectivity index (χ3n) is 1.39. The van der Waals surface area contributed by atoms with Crippen molar-refractivity contribution in [3.8, 4) is 0 Å². The first-order valence-electron chi connectivity index (χ1n) is 3.26. The molecule has 0 saturated carbocycles. The van der Waals surface area contributed by atoms with Gasteiger partial charge in [-0.2, -0.15) is 24.5 Å². The molecule has 0 fully saturated rings. The number of halogens is 3. The zero-order valence-corrected chi connectivity index (χ0v) is 6.82. The smallest absolute Gasteiger partial charge is 0.383 e. The Morgan fingerprint density at radius 3 is 2.58 bits per heavy atom. The molecule has 1 aromatic rings. The average Bonchev–Trinajstić information content (AvgIpc) is 2.37. The Balaban J connectivity index is 2.53. The van der Waals surface area contributed by atoms with Crippen molar-refractivity contribution in [1.29, 1.82) is 0 Å². The predicted octanol–water partition coefficient (Wildman–Crippen LogP) is 2.21. The summed E-state index contributed by atoms with van der Waals surface area (Å²) in [5.41, 5.74) is 0.518. The van der Waals surface area contributed by atoms with Crippen molar-refractivity contribution >= 4 is 11.3 Å². The van der Waals surface area contributed by atoms with Gasteiger partial charge < -0.3 is 5.11 Å². The maximum atomic E-state index is 11.8. The predicted molar refractivity (Wildman–Crippen MR) is 40.1 cm³/mol. The van der Waals surface area contributed by atoms with Crippen LogP contribution in [0.25, 0.3) is 0 Å². The summed E-state index contributed by atoms with van der Waals surface area (Å²) in [5.74, 6) is 0. The van der Waals surface area contributed by atoms with Crippen LogP contribution in [0.15, 0.2) is 16.8 Å². The van der Waals surface area contributed by atoms with Crippen molar-refractivity contribution in [2.24, 2.45) is 0 Å². The summed E-state index contributed by atoms with van der Waals surface area (Å²) >= 11 is 1.31. The van der Waals surface area contributed by atoms with Crippen LogP contribution in [0.5, 0.6) is 0 Å². The molecule has 68 valence electrons. The van der Waals surface area contributed by atoms with Gasteiger partial charge in [0.2, 0.25) is 0 Å². The molecule has 0 aromatic carbocycles. The zero-order valence-electron chi connectivity index (χ0n) is 6.01. The van der Waals surface area contributed by atoms with Crippen molar-refractivity contribution < 1.29 is 18.3 Å². The summed E-state index contributed by atoms with van der Waals surface area (Å²) < 4.78 is 35.4. The average molecular weight is 196 g/mol. The highest BCUT2D eigenvalue weighted by Crippen LogP contribution is 2.23. The molecule has 1 N–H and O–H groups in total. The molecule has 0 radical (unpaired) electrons. The molecule has 0 saturated heterocycles. The van der Waals surface area contributed by atoms with E-state index in [1.54, 1.807) is 16.8 Å². The van der Waals surface area contributed by atoms with E-state index in [0.717, 1.165) is 0 Å². The normalized spacial score (nSPS) is 14.7. The summed E-state index contributed by atoms with van der Waals surface area (Å²) in [6.45, 7) is 0. The standard InChI is InChI=1S/C7H7F3OS/c8-7(9,10)6(11)3-5-1-2-12-4-5/h1-2,4,6,11H,3H2/t6-/m0/s1. The van der Waals surface area contributed by atoms with Gasteiger partial charge in [-0.1, -0.05) is 0 Å². The number of alkyl halides is 3. The summed E-state index contributed by atoms with van der Waals surface area (Å²) in [5, 5.41) is 11.9. The topological polar surface area (TPSA) is 20.2 Å². The lowest BCUT2D eigenvalue weighted by molar-refractivity contribution is -0.203. The molecule has 5 heteroatoms. The summed E-state index contributed by atoms with van der Waals surface area (Å²) in [6, 6.07) is 1.57. The van der Waals surface area contributed by atoms with Crippen LogP contribution in [0.1, 0.15) is 5.56 Å². The van der Waals surface area contributed by atoms with E-state index in [2.05, 4.69) is 0 Å². The minimum atomic E-state index is -4.51. The Kier molecular flexibility index (Phi) is 2.74. The van der Waals surface area contributed by atoms with Gasteiger partial charge >= 0.3 is 6.18 Å². The number of aliphatic hydroxyl groups excluding tert-OH is 1. The largest absolute Gasteiger partial charge is 0.414 e. The maximum absolute atomic E-state index is 11.8. The van der Waals surface area contributed by atoms with Crippen LogP contribution in [0.2, 0.25) is 0 Å². The van der Waals surface area contributed by atoms with Gasteiger partial charge in [0, 0.05) is 6.42 Å². The van der Waals surface area contributed by atoms with Crippen LogP contribution in [-0.2, 0) is 6.42 Å². The first kappa shape index (κ1) is 9.54. The highest BCUT2D eigenvalue weighted by molar-refractivity contribution is 7.07. The lowest BCUT2D eigenvalue weighted by Gasteiger charge is -2.12. The number of hydrogen-bond donors (Lipinski definition) is 1. The Morgan fingerprint density at radius 2 is 2.17 bits per heavy atom. The SMILES string of the molecule is O[C@@H](Cc1ccsc1)C(F)(F)F. The van der Waals surface area contributed by atoms with Crippen LogP contribution in [-0.4, -0.2) is 17.4 Å². The quantitative estimate of drug-likeness (QED) is 0.768. The molecule has 12 heavy (non-hydrogen) atoms. The molecule has 1 rings (SSSR count). The third kappa shape index (κ3) is 2.49. The molecule has 1 nitrogen and oxygen atoms in total. The third-order valence-corrected chi connectivity index (χ3v) is 2.12. The number of thiophene rings is 1. The van der Waals surface area contributed by atoms with Crippen LogP contribution in [0, 0.1) is 0 Å². The highest BCUT2D eigenvalue weighted by atomic mass is 32.1. The van der Waals surface area contributed by atoms with Gasteiger partial charge in [0.05, 0.1) is 0 Å². The molecular formula is C7H7F3OS. The van der Waals surface area contributed by atoms with Gasteiger partial charge in [0.1, 0.15) is 0 Å². The maximum Gasteiger partial charge on any atom is 0.414 e. The van der Waals surface area contributed by atoms with Crippen LogP contribution in [0.4, 0.5) is 13.2 Å². The van der Waals surface area contributed by atoms with Crippen molar-refractivity contribution in [2.45, 2.75) is 18.7 Å². The summed E-state index contributed by atoms with van der Waals surface area (Å²) in [6.07, 6.45) is -7.11. The Bertz CT molecular complexity index is 229. The van der Waals surface area contributed by atoms with Gasteiger partial charge in [-0.15, -0.1) is 0 Å². The van der Waals surface area contributed by atoms with Gasteiger partial charge in [0.25, 0.3) is 0 Å². The number of rotatable bonds is 2. The van der Waals surface area contributed by atoms with Crippen molar-refractivity contribution in [3.63, 3.8) is 0 Å². The lowest BCUT2D eigenvalue weighted by atomic mass is 10.1. The summed E-state index contributed by atoms with van der Waals surface area (Å²) in [7, 11) is 0. The molecule has 0 spiro atoms. The number of aliphatic hydroxyl groups is 1. The molecule has 1 heterocycles. The number of hydrogen-bond acceptors (Lipinski definition) is 2. The Hall–Kier alpha value is -0.550. The first-order valence-corrected chi connectivity index (χ1v) is 4.20. The van der Waals surface area contributed by atoms with Crippen LogP contribution < -0.4 is 0 Å². The van der Waals surface area contributed by atoms with Crippen LogP contribution in [0.3, 0.4) is 0 Å². The lowest BCUT2D eigenvalue weighted by Crippen LogP contribution is -2.30. The van der Waals surface area contributed by atoms with Gasteiger partial charge in [-0.25, -0.2) is 0 Å². The van der Waals surface area contributed by atoms with E-state index in [0.29, 0.717) is 5.56 Å². The van der Waals surface area contributed by atoms with E-state index in [1.165, 1.54) is 11.3 Å². The zero-order chi connectivity index (χ0) is 9.19. The fourth-order valence-corrected chi connectivity index (χ4v) is 1.43. The van der Waals surface area contributed by atoms with E-state index >= 15 is 0 Å². The van der Waals surface area contributed by atoms with Gasteiger partial charge in [-0.05, 0) is 22.4 Å². The molecule has 0 aliphatic carbocycles. The molecule has 0 unspecified atom stereocenters. The second kappa shape index (κ2) is 3.45. The van der Waals surface area contributed by atoms with Crippen molar-refractivity contribution in [2.75, 3.05) is 0 Å². The Morgan fingerprint density at radius 1 is 1.50 bits per heavy atom. The minimum Gasteiger partial charge on any atom is -0.383 e. The fourth-order valence-electron chi connectivity index (χ4n) is 0.748. The van der Waals surface area contributed by atoms with E-state index in [1.807, 2.05) is 0 Å². The molecule has 0 aliphatic rings. The van der Waals surface area contributed by atoms with E-state index in [4.69, 9.17) is 5.11 Å². The molecule has 0 aliphatic heterocycles. The first-order chi connectivity index (χ1) is 5.50. The van der Waals surface area contributed by atoms with Gasteiger partial charge in [0.15, 0.2) is 6.10 Å². The molecule has 0 amide bonds. The van der Waals surface area contributed by atoms with Crippen molar-refractivity contribution in [1.82, 2.24) is 0 Å². The second-order valence-corrected chi connectivity index (χ2v) is 3.17. The summed E-state index contributed by atoms with van der Waals surface area (Å²) in [4.78, 5) is 0. The monoisotopic (exact) mass is 196 g/mol. The van der Waals surface area contributed by atoms with E-state index in [9.17, 15) is 13.2 Å². The highest BCUT2D eigenvalue weighted by Gasteiger charge is 2.37.